The highest BCUT2D eigenvalue weighted by Gasteiger charge is 2.09. The van der Waals surface area contributed by atoms with Crippen molar-refractivity contribution in [2.24, 2.45) is 0 Å². The predicted octanol–water partition coefficient (Wildman–Crippen LogP) is 4.26. The first-order valence-corrected chi connectivity index (χ1v) is 7.64. The molecule has 3 aromatic rings. The molecule has 1 aromatic heterocycles. The number of nitrogens with two attached hydrogens (primary N) is 1. The summed E-state index contributed by atoms with van der Waals surface area (Å²) in [5, 5.41) is 4.71. The minimum Gasteiger partial charge on any atom is -0.399 e. The van der Waals surface area contributed by atoms with Gasteiger partial charge in [-0.3, -0.25) is 0 Å². The number of aromatic nitrogens is 2. The van der Waals surface area contributed by atoms with Crippen LogP contribution in [0.1, 0.15) is 5.82 Å². The molecule has 3 rings (SSSR count). The topological polar surface area (TPSA) is 64.9 Å². The van der Waals surface area contributed by atoms with Gasteiger partial charge in [0.2, 0.25) is 0 Å². The minimum absolute atomic E-state index is 0.502. The molecule has 2 N–H and O–H groups in total. The summed E-state index contributed by atoms with van der Waals surface area (Å²) in [6.07, 6.45) is 0. The second-order valence-corrected chi connectivity index (χ2v) is 5.87. The van der Waals surface area contributed by atoms with Crippen LogP contribution in [0.25, 0.3) is 11.5 Å². The highest BCUT2D eigenvalue weighted by Crippen LogP contribution is 2.25. The summed E-state index contributed by atoms with van der Waals surface area (Å²) in [6, 6.07) is 15.0. The van der Waals surface area contributed by atoms with Crippen LogP contribution in [0, 0.1) is 0 Å². The molecule has 0 fully saturated rings. The van der Waals surface area contributed by atoms with E-state index in [4.69, 9.17) is 21.9 Å². The van der Waals surface area contributed by atoms with Crippen LogP contribution in [0.15, 0.2) is 57.9 Å². The van der Waals surface area contributed by atoms with Crippen molar-refractivity contribution in [3.8, 4) is 11.5 Å². The van der Waals surface area contributed by atoms with E-state index in [0.29, 0.717) is 23.2 Å². The van der Waals surface area contributed by atoms with Crippen molar-refractivity contribution in [3.63, 3.8) is 0 Å². The van der Waals surface area contributed by atoms with E-state index in [9.17, 15) is 0 Å². The van der Waals surface area contributed by atoms with Gasteiger partial charge < -0.3 is 10.3 Å². The summed E-state index contributed by atoms with van der Waals surface area (Å²) in [4.78, 5) is 5.49. The lowest BCUT2D eigenvalue weighted by Gasteiger charge is -1.98. The van der Waals surface area contributed by atoms with Crippen LogP contribution in [0.5, 0.6) is 0 Å². The number of anilines is 1. The van der Waals surface area contributed by atoms with Crippen molar-refractivity contribution < 1.29 is 4.52 Å². The van der Waals surface area contributed by atoms with Crippen LogP contribution in [0.2, 0.25) is 5.02 Å². The second-order valence-electron chi connectivity index (χ2n) is 4.38. The maximum atomic E-state index is 5.85. The molecule has 0 amide bonds. The van der Waals surface area contributed by atoms with Gasteiger partial charge >= 0.3 is 0 Å². The Labute approximate surface area is 131 Å². The number of rotatable bonds is 4. The number of thioether (sulfide) groups is 1. The van der Waals surface area contributed by atoms with Gasteiger partial charge in [-0.2, -0.15) is 4.98 Å². The van der Waals surface area contributed by atoms with Crippen LogP contribution in [0.4, 0.5) is 5.69 Å². The lowest BCUT2D eigenvalue weighted by molar-refractivity contribution is 0.425. The maximum Gasteiger partial charge on any atom is 0.257 e. The third-order valence-corrected chi connectivity index (χ3v) is 4.07. The molecule has 4 nitrogen and oxygen atoms in total. The third-order valence-electron chi connectivity index (χ3n) is 2.81. The summed E-state index contributed by atoms with van der Waals surface area (Å²) in [6.45, 7) is 0. The standard InChI is InChI=1S/C15H12ClN3OS/c16-11-3-7-13(8-4-11)21-9-14-18-15(20-19-14)10-1-5-12(17)6-2-10/h1-8H,9,17H2. The molecule has 6 heteroatoms. The molecule has 0 saturated carbocycles. The van der Waals surface area contributed by atoms with Gasteiger partial charge in [0.15, 0.2) is 5.82 Å². The first kappa shape index (κ1) is 14.0. The van der Waals surface area contributed by atoms with Gasteiger partial charge in [0.05, 0.1) is 5.75 Å². The van der Waals surface area contributed by atoms with Crippen molar-refractivity contribution in [1.82, 2.24) is 10.1 Å². The van der Waals surface area contributed by atoms with Crippen molar-refractivity contribution in [3.05, 3.63) is 59.4 Å². The maximum absolute atomic E-state index is 5.85. The molecule has 0 radical (unpaired) electrons. The minimum atomic E-state index is 0.502. The first-order chi connectivity index (χ1) is 10.2. The molecule has 21 heavy (non-hydrogen) atoms. The number of halogens is 1. The molecular weight excluding hydrogens is 306 g/mol. The SMILES string of the molecule is Nc1ccc(-c2nc(CSc3ccc(Cl)cc3)no2)cc1. The Morgan fingerprint density at radius 1 is 1.05 bits per heavy atom. The average molecular weight is 318 g/mol. The highest BCUT2D eigenvalue weighted by atomic mass is 35.5. The lowest BCUT2D eigenvalue weighted by atomic mass is 10.2. The normalized spacial score (nSPS) is 10.7. The Kier molecular flexibility index (Phi) is 4.13. The zero-order valence-electron chi connectivity index (χ0n) is 11.0. The van der Waals surface area contributed by atoms with Gasteiger partial charge in [0.1, 0.15) is 0 Å². The predicted molar refractivity (Wildman–Crippen MR) is 85.2 cm³/mol. The molecule has 0 saturated heterocycles. The van der Waals surface area contributed by atoms with E-state index >= 15 is 0 Å². The Morgan fingerprint density at radius 2 is 1.76 bits per heavy atom. The monoisotopic (exact) mass is 317 g/mol. The average Bonchev–Trinajstić information content (AvgIpc) is 2.96. The van der Waals surface area contributed by atoms with Crippen LogP contribution in [0.3, 0.4) is 0 Å². The Hall–Kier alpha value is -1.98. The fraction of sp³-hybridized carbons (Fsp3) is 0.0667. The van der Waals surface area contributed by atoms with E-state index < -0.39 is 0 Å². The summed E-state index contributed by atoms with van der Waals surface area (Å²) in [5.41, 5.74) is 7.22. The van der Waals surface area contributed by atoms with Gasteiger partial charge in [0, 0.05) is 21.2 Å². The lowest BCUT2D eigenvalue weighted by Crippen LogP contribution is -1.85. The number of benzene rings is 2. The summed E-state index contributed by atoms with van der Waals surface area (Å²) in [7, 11) is 0. The molecule has 0 aliphatic carbocycles. The quantitative estimate of drug-likeness (QED) is 0.575. The van der Waals surface area contributed by atoms with Gasteiger partial charge in [-0.05, 0) is 48.5 Å². The molecule has 0 bridgehead atoms. The second kappa shape index (κ2) is 6.20. The van der Waals surface area contributed by atoms with E-state index in [2.05, 4.69) is 10.1 Å². The van der Waals surface area contributed by atoms with E-state index in [0.717, 1.165) is 15.5 Å². The summed E-state index contributed by atoms with van der Waals surface area (Å²) >= 11 is 7.48. The number of hydrogen-bond donors (Lipinski definition) is 1. The first-order valence-electron chi connectivity index (χ1n) is 6.27. The molecular formula is C15H12ClN3OS. The molecule has 1 heterocycles. The van der Waals surface area contributed by atoms with Crippen LogP contribution < -0.4 is 5.73 Å². The number of hydrogen-bond acceptors (Lipinski definition) is 5. The van der Waals surface area contributed by atoms with Crippen LogP contribution in [-0.2, 0) is 5.75 Å². The zero-order valence-corrected chi connectivity index (χ0v) is 12.6. The molecule has 0 aliphatic rings. The van der Waals surface area contributed by atoms with E-state index in [1.54, 1.807) is 11.8 Å². The van der Waals surface area contributed by atoms with Gasteiger partial charge in [-0.1, -0.05) is 16.8 Å². The van der Waals surface area contributed by atoms with E-state index in [1.165, 1.54) is 0 Å². The van der Waals surface area contributed by atoms with Gasteiger partial charge in [0.25, 0.3) is 5.89 Å². The summed E-state index contributed by atoms with van der Waals surface area (Å²) < 4.78 is 5.26. The molecule has 0 atom stereocenters. The van der Waals surface area contributed by atoms with Gasteiger partial charge in [-0.25, -0.2) is 0 Å². The smallest absolute Gasteiger partial charge is 0.257 e. The van der Waals surface area contributed by atoms with Crippen LogP contribution in [-0.4, -0.2) is 10.1 Å². The van der Waals surface area contributed by atoms with Crippen molar-refractivity contribution in [1.29, 1.82) is 0 Å². The van der Waals surface area contributed by atoms with E-state index in [1.807, 2.05) is 48.5 Å². The molecule has 0 unspecified atom stereocenters. The largest absolute Gasteiger partial charge is 0.399 e. The Balaban J connectivity index is 1.67. The Morgan fingerprint density at radius 3 is 2.48 bits per heavy atom. The van der Waals surface area contributed by atoms with Gasteiger partial charge in [-0.15, -0.1) is 11.8 Å². The fourth-order valence-corrected chi connectivity index (χ4v) is 2.60. The highest BCUT2D eigenvalue weighted by molar-refractivity contribution is 7.98. The summed E-state index contributed by atoms with van der Waals surface area (Å²) in [5.74, 6) is 1.79. The van der Waals surface area contributed by atoms with Crippen LogP contribution >= 0.6 is 23.4 Å². The molecule has 106 valence electrons. The molecule has 2 aromatic carbocycles. The third kappa shape index (κ3) is 3.56. The number of nitrogens with zero attached hydrogens (tertiary/aromatic N) is 2. The van der Waals surface area contributed by atoms with E-state index in [-0.39, 0.29) is 0 Å². The van der Waals surface area contributed by atoms with Crippen molar-refractivity contribution >= 4 is 29.1 Å². The zero-order chi connectivity index (χ0) is 14.7. The van der Waals surface area contributed by atoms with Crippen molar-refractivity contribution in [2.45, 2.75) is 10.6 Å². The van der Waals surface area contributed by atoms with Crippen molar-refractivity contribution in [2.75, 3.05) is 5.73 Å². The number of nitrogen functional groups attached to an aromatic ring is 1. The fourth-order valence-electron chi connectivity index (χ4n) is 1.73. The molecule has 0 aliphatic heterocycles. The molecule has 0 spiro atoms. The Bertz CT molecular complexity index is 725.